The van der Waals surface area contributed by atoms with Crippen LogP contribution in [0.15, 0.2) is 36.5 Å². The number of piperidine rings is 1. The summed E-state index contributed by atoms with van der Waals surface area (Å²) in [4.78, 5) is 19.6. The number of amides is 1. The van der Waals surface area contributed by atoms with E-state index in [1.54, 1.807) is 6.20 Å². The van der Waals surface area contributed by atoms with Gasteiger partial charge in [0.15, 0.2) is 0 Å². The molecule has 1 aliphatic rings. The highest BCUT2D eigenvalue weighted by Crippen LogP contribution is 2.25. The minimum absolute atomic E-state index is 0.0567. The number of carbonyl (C=O) groups excluding carboxylic acids is 1. The van der Waals surface area contributed by atoms with Gasteiger partial charge < -0.3 is 10.2 Å². The molecule has 3 rings (SSSR count). The highest BCUT2D eigenvalue weighted by Gasteiger charge is 2.31. The zero-order valence-electron chi connectivity index (χ0n) is 14.0. The predicted octanol–water partition coefficient (Wildman–Crippen LogP) is 3.69. The molecule has 2 aromatic rings. The molecule has 1 N–H and O–H groups in total. The predicted molar refractivity (Wildman–Crippen MR) is 94.4 cm³/mol. The Balaban J connectivity index is 1.74. The monoisotopic (exact) mass is 311 g/mol. The Morgan fingerprint density at radius 3 is 2.70 bits per heavy atom. The molecular formula is C19H25N3O. The first-order valence-corrected chi connectivity index (χ1v) is 8.44. The molecule has 1 aromatic heterocycles. The maximum atomic E-state index is 12.8. The van der Waals surface area contributed by atoms with Crippen LogP contribution in [0.3, 0.4) is 0 Å². The topological polar surface area (TPSA) is 45.2 Å². The van der Waals surface area contributed by atoms with Gasteiger partial charge in [-0.2, -0.15) is 0 Å². The number of likely N-dealkylation sites (tertiary alicyclic amines) is 1. The lowest BCUT2D eigenvalue weighted by molar-refractivity contribution is -0.125. The summed E-state index contributed by atoms with van der Waals surface area (Å²) in [5.74, 6) is 0.0567. The normalized spacial score (nSPS) is 16.4. The molecule has 122 valence electrons. The fourth-order valence-corrected chi connectivity index (χ4v) is 3.24. The Morgan fingerprint density at radius 1 is 1.17 bits per heavy atom. The molecule has 0 bridgehead atoms. The van der Waals surface area contributed by atoms with E-state index in [-0.39, 0.29) is 5.91 Å². The van der Waals surface area contributed by atoms with E-state index in [0.29, 0.717) is 0 Å². The highest BCUT2D eigenvalue weighted by atomic mass is 16.2. The van der Waals surface area contributed by atoms with Crippen LogP contribution >= 0.6 is 0 Å². The average molecular weight is 311 g/mol. The molecule has 1 saturated heterocycles. The molecule has 0 spiro atoms. The quantitative estimate of drug-likeness (QED) is 0.936. The van der Waals surface area contributed by atoms with Crippen molar-refractivity contribution >= 4 is 22.5 Å². The van der Waals surface area contributed by atoms with Crippen molar-refractivity contribution in [2.45, 2.75) is 33.1 Å². The van der Waals surface area contributed by atoms with Crippen LogP contribution in [0, 0.1) is 5.41 Å². The Morgan fingerprint density at radius 2 is 1.91 bits per heavy atom. The van der Waals surface area contributed by atoms with Gasteiger partial charge >= 0.3 is 0 Å². The zero-order valence-corrected chi connectivity index (χ0v) is 14.0. The number of fused-ring (bicyclic) bond motifs is 1. The van der Waals surface area contributed by atoms with Gasteiger partial charge in [0.25, 0.3) is 0 Å². The highest BCUT2D eigenvalue weighted by molar-refractivity contribution is 6.02. The Kier molecular flexibility index (Phi) is 4.62. The summed E-state index contributed by atoms with van der Waals surface area (Å²) in [6, 6.07) is 9.81. The standard InChI is InChI=1S/C19H25N3O/c1-19(2,14-22-12-4-3-5-13-22)18(23)21-16-10-6-8-15-9-7-11-20-17(15)16/h6-11H,3-5,12-14H2,1-2H3,(H,21,23). The number of carbonyl (C=O) groups is 1. The van der Waals surface area contributed by atoms with E-state index in [2.05, 4.69) is 15.2 Å². The van der Waals surface area contributed by atoms with Crippen LogP contribution < -0.4 is 5.32 Å². The molecule has 2 heterocycles. The lowest BCUT2D eigenvalue weighted by Crippen LogP contribution is -2.43. The lowest BCUT2D eigenvalue weighted by atomic mass is 9.90. The lowest BCUT2D eigenvalue weighted by Gasteiger charge is -2.34. The summed E-state index contributed by atoms with van der Waals surface area (Å²) < 4.78 is 0. The third-order valence-electron chi connectivity index (χ3n) is 4.56. The van der Waals surface area contributed by atoms with E-state index >= 15 is 0 Å². The number of hydrogen-bond acceptors (Lipinski definition) is 3. The minimum atomic E-state index is -0.422. The zero-order chi connectivity index (χ0) is 16.3. The van der Waals surface area contributed by atoms with Gasteiger partial charge in [-0.25, -0.2) is 0 Å². The second-order valence-corrected chi connectivity index (χ2v) is 7.06. The third kappa shape index (κ3) is 3.70. The molecule has 4 nitrogen and oxygen atoms in total. The van der Waals surface area contributed by atoms with Crippen LogP contribution in [-0.4, -0.2) is 35.4 Å². The molecule has 4 heteroatoms. The second kappa shape index (κ2) is 6.67. The second-order valence-electron chi connectivity index (χ2n) is 7.06. The van der Waals surface area contributed by atoms with Crippen LogP contribution in [0.25, 0.3) is 10.9 Å². The number of para-hydroxylation sites is 1. The number of aromatic nitrogens is 1. The first-order valence-electron chi connectivity index (χ1n) is 8.44. The first kappa shape index (κ1) is 15.9. The largest absolute Gasteiger partial charge is 0.324 e. The molecule has 1 amide bonds. The van der Waals surface area contributed by atoms with E-state index in [0.717, 1.165) is 36.2 Å². The Hall–Kier alpha value is -1.94. The van der Waals surface area contributed by atoms with Crippen LogP contribution in [0.4, 0.5) is 5.69 Å². The van der Waals surface area contributed by atoms with E-state index in [4.69, 9.17) is 0 Å². The number of nitrogens with zero attached hydrogens (tertiary/aromatic N) is 2. The maximum Gasteiger partial charge on any atom is 0.231 e. The van der Waals surface area contributed by atoms with E-state index in [1.807, 2.05) is 44.2 Å². The molecule has 23 heavy (non-hydrogen) atoms. The summed E-state index contributed by atoms with van der Waals surface area (Å²) in [6.07, 6.45) is 5.55. The van der Waals surface area contributed by atoms with Crippen LogP contribution in [0.1, 0.15) is 33.1 Å². The summed E-state index contributed by atoms with van der Waals surface area (Å²) in [5.41, 5.74) is 1.21. The van der Waals surface area contributed by atoms with Crippen molar-refractivity contribution in [2.75, 3.05) is 25.0 Å². The van der Waals surface area contributed by atoms with Crippen LogP contribution in [0.5, 0.6) is 0 Å². The number of rotatable bonds is 4. The van der Waals surface area contributed by atoms with Crippen molar-refractivity contribution in [3.8, 4) is 0 Å². The summed E-state index contributed by atoms with van der Waals surface area (Å²) in [5, 5.41) is 4.13. The molecule has 0 atom stereocenters. The van der Waals surface area contributed by atoms with Crippen molar-refractivity contribution in [1.29, 1.82) is 0 Å². The Labute approximate surface area is 137 Å². The van der Waals surface area contributed by atoms with Crippen molar-refractivity contribution in [3.63, 3.8) is 0 Å². The van der Waals surface area contributed by atoms with Crippen molar-refractivity contribution in [2.24, 2.45) is 5.41 Å². The number of pyridine rings is 1. The first-order chi connectivity index (χ1) is 11.1. The third-order valence-corrected chi connectivity index (χ3v) is 4.56. The smallest absolute Gasteiger partial charge is 0.231 e. The maximum absolute atomic E-state index is 12.8. The number of benzene rings is 1. The minimum Gasteiger partial charge on any atom is -0.324 e. The molecule has 1 aromatic carbocycles. The fourth-order valence-electron chi connectivity index (χ4n) is 3.24. The molecule has 1 fully saturated rings. The van der Waals surface area contributed by atoms with Gasteiger partial charge in [-0.3, -0.25) is 9.78 Å². The van der Waals surface area contributed by atoms with Crippen molar-refractivity contribution in [3.05, 3.63) is 36.5 Å². The number of hydrogen-bond donors (Lipinski definition) is 1. The molecule has 0 saturated carbocycles. The SMILES string of the molecule is CC(C)(CN1CCCCC1)C(=O)Nc1cccc2cccnc12. The van der Waals surface area contributed by atoms with Crippen LogP contribution in [-0.2, 0) is 4.79 Å². The van der Waals surface area contributed by atoms with Gasteiger partial charge in [0.05, 0.1) is 16.6 Å². The molecule has 0 aliphatic carbocycles. The van der Waals surface area contributed by atoms with Gasteiger partial charge in [-0.05, 0) is 51.9 Å². The van der Waals surface area contributed by atoms with Gasteiger partial charge in [0.1, 0.15) is 0 Å². The van der Waals surface area contributed by atoms with E-state index in [1.165, 1.54) is 19.3 Å². The average Bonchev–Trinajstić information content (AvgIpc) is 2.55. The number of nitrogens with one attached hydrogen (secondary N) is 1. The van der Waals surface area contributed by atoms with Crippen LogP contribution in [0.2, 0.25) is 0 Å². The number of anilines is 1. The van der Waals surface area contributed by atoms with Gasteiger partial charge in [-0.15, -0.1) is 0 Å². The van der Waals surface area contributed by atoms with Crippen molar-refractivity contribution < 1.29 is 4.79 Å². The molecule has 0 radical (unpaired) electrons. The van der Waals surface area contributed by atoms with Gasteiger partial charge in [0, 0.05) is 18.1 Å². The fraction of sp³-hybridized carbons (Fsp3) is 0.474. The Bertz CT molecular complexity index is 685. The molecule has 0 unspecified atom stereocenters. The molecular weight excluding hydrogens is 286 g/mol. The summed E-state index contributed by atoms with van der Waals surface area (Å²) in [7, 11) is 0. The van der Waals surface area contributed by atoms with E-state index < -0.39 is 5.41 Å². The summed E-state index contributed by atoms with van der Waals surface area (Å²) in [6.45, 7) is 7.06. The van der Waals surface area contributed by atoms with Crippen molar-refractivity contribution in [1.82, 2.24) is 9.88 Å². The molecule has 1 aliphatic heterocycles. The summed E-state index contributed by atoms with van der Waals surface area (Å²) >= 11 is 0. The van der Waals surface area contributed by atoms with Gasteiger partial charge in [0.2, 0.25) is 5.91 Å². The van der Waals surface area contributed by atoms with E-state index in [9.17, 15) is 4.79 Å². The van der Waals surface area contributed by atoms with Gasteiger partial charge in [-0.1, -0.05) is 24.6 Å².